The van der Waals surface area contributed by atoms with Crippen molar-refractivity contribution in [1.82, 2.24) is 9.59 Å². The lowest BCUT2D eigenvalue weighted by Crippen LogP contribution is -1.98. The molecule has 1 heterocycles. The molecule has 15 heavy (non-hydrogen) atoms. The molecule has 0 saturated carbocycles. The van der Waals surface area contributed by atoms with E-state index in [1.807, 2.05) is 0 Å². The number of nitrogens with zero attached hydrogens (tertiary/aromatic N) is 2. The number of rotatable bonds is 3. The summed E-state index contributed by atoms with van der Waals surface area (Å²) in [6.45, 7) is 0.256. The first-order valence-corrected chi connectivity index (χ1v) is 5.01. The summed E-state index contributed by atoms with van der Waals surface area (Å²) in [7, 11) is 0. The second-order valence-corrected chi connectivity index (χ2v) is 3.66. The summed E-state index contributed by atoms with van der Waals surface area (Å²) in [5.41, 5.74) is 6.21. The Bertz CT molecular complexity index is 458. The Labute approximate surface area is 90.3 Å². The third-order valence-electron chi connectivity index (χ3n) is 1.78. The maximum absolute atomic E-state index is 9.19. The van der Waals surface area contributed by atoms with Crippen LogP contribution < -0.4 is 10.5 Å². The fraction of sp³-hybridized carbons (Fsp3) is 0.111. The molecule has 0 radical (unpaired) electrons. The Kier molecular flexibility index (Phi) is 2.68. The van der Waals surface area contributed by atoms with Crippen LogP contribution in [0.2, 0.25) is 0 Å². The van der Waals surface area contributed by atoms with E-state index in [4.69, 9.17) is 10.5 Å². The lowest BCUT2D eigenvalue weighted by atomic mass is 10.3. The number of aromatic nitrogens is 2. The van der Waals surface area contributed by atoms with Gasteiger partial charge in [-0.25, -0.2) is 0 Å². The quantitative estimate of drug-likeness (QED) is 0.822. The summed E-state index contributed by atoms with van der Waals surface area (Å²) >= 11 is 1.13. The Morgan fingerprint density at radius 2 is 2.33 bits per heavy atom. The highest BCUT2D eigenvalue weighted by Crippen LogP contribution is 2.20. The molecular weight excluding hydrogens is 214 g/mol. The summed E-state index contributed by atoms with van der Waals surface area (Å²) < 4.78 is 9.07. The van der Waals surface area contributed by atoms with E-state index in [2.05, 4.69) is 9.59 Å². The SMILES string of the molecule is Nc1snnc1COc1cccc(O)c1. The van der Waals surface area contributed by atoms with Gasteiger partial charge in [0.1, 0.15) is 28.8 Å². The predicted octanol–water partition coefficient (Wildman–Crippen LogP) is 1.40. The van der Waals surface area contributed by atoms with Gasteiger partial charge in [0, 0.05) is 17.6 Å². The number of anilines is 1. The fourth-order valence-corrected chi connectivity index (χ4v) is 1.47. The van der Waals surface area contributed by atoms with E-state index >= 15 is 0 Å². The first-order valence-electron chi connectivity index (χ1n) is 4.24. The molecule has 2 rings (SSSR count). The lowest BCUT2D eigenvalue weighted by Gasteiger charge is -2.04. The van der Waals surface area contributed by atoms with E-state index in [1.165, 1.54) is 6.07 Å². The minimum Gasteiger partial charge on any atom is -0.508 e. The Hall–Kier alpha value is -1.82. The number of nitrogens with two attached hydrogens (primary N) is 1. The van der Waals surface area contributed by atoms with Crippen molar-refractivity contribution < 1.29 is 9.84 Å². The van der Waals surface area contributed by atoms with E-state index in [0.717, 1.165) is 11.5 Å². The number of nitrogen functional groups attached to an aromatic ring is 1. The van der Waals surface area contributed by atoms with Gasteiger partial charge < -0.3 is 15.6 Å². The molecule has 0 saturated heterocycles. The Morgan fingerprint density at radius 3 is 3.00 bits per heavy atom. The van der Waals surface area contributed by atoms with Crippen molar-refractivity contribution in [2.45, 2.75) is 6.61 Å². The van der Waals surface area contributed by atoms with Crippen LogP contribution in [0.4, 0.5) is 5.00 Å². The van der Waals surface area contributed by atoms with E-state index in [-0.39, 0.29) is 12.4 Å². The number of benzene rings is 1. The van der Waals surface area contributed by atoms with Crippen molar-refractivity contribution in [1.29, 1.82) is 0 Å². The van der Waals surface area contributed by atoms with Gasteiger partial charge in [-0.2, -0.15) is 0 Å². The van der Waals surface area contributed by atoms with E-state index in [0.29, 0.717) is 16.4 Å². The van der Waals surface area contributed by atoms with Crippen molar-refractivity contribution in [2.24, 2.45) is 0 Å². The standard InChI is InChI=1S/C9H9N3O2S/c10-9-8(11-12-15-9)5-14-7-3-1-2-6(13)4-7/h1-4,13H,5,10H2. The second-order valence-electron chi connectivity index (χ2n) is 2.87. The topological polar surface area (TPSA) is 81.3 Å². The molecule has 0 fully saturated rings. The van der Waals surface area contributed by atoms with Gasteiger partial charge in [-0.05, 0) is 12.1 Å². The summed E-state index contributed by atoms with van der Waals surface area (Å²) in [5, 5.41) is 13.6. The van der Waals surface area contributed by atoms with Gasteiger partial charge in [-0.15, -0.1) is 5.10 Å². The second kappa shape index (κ2) is 4.14. The number of ether oxygens (including phenoxy) is 1. The molecule has 0 amide bonds. The van der Waals surface area contributed by atoms with Crippen molar-refractivity contribution >= 4 is 16.5 Å². The predicted molar refractivity (Wildman–Crippen MR) is 56.8 cm³/mol. The molecule has 0 aliphatic carbocycles. The zero-order valence-corrected chi connectivity index (χ0v) is 8.57. The number of hydrogen-bond acceptors (Lipinski definition) is 6. The normalized spacial score (nSPS) is 10.1. The third kappa shape index (κ3) is 2.35. The molecule has 5 nitrogen and oxygen atoms in total. The monoisotopic (exact) mass is 223 g/mol. The van der Waals surface area contributed by atoms with Gasteiger partial charge >= 0.3 is 0 Å². The van der Waals surface area contributed by atoms with Crippen LogP contribution in [-0.2, 0) is 6.61 Å². The molecule has 78 valence electrons. The highest BCUT2D eigenvalue weighted by Gasteiger charge is 2.04. The molecule has 0 unspecified atom stereocenters. The molecule has 3 N–H and O–H groups in total. The summed E-state index contributed by atoms with van der Waals surface area (Å²) in [4.78, 5) is 0. The first kappa shape index (κ1) is 9.72. The number of aromatic hydroxyl groups is 1. The molecule has 2 aromatic rings. The van der Waals surface area contributed by atoms with Gasteiger partial charge in [0.05, 0.1) is 0 Å². The van der Waals surface area contributed by atoms with Crippen LogP contribution in [0.25, 0.3) is 0 Å². The zero-order chi connectivity index (χ0) is 10.7. The van der Waals surface area contributed by atoms with Crippen LogP contribution in [0.15, 0.2) is 24.3 Å². The molecule has 0 aliphatic rings. The number of phenols is 1. The Balaban J connectivity index is 2.02. The summed E-state index contributed by atoms with van der Waals surface area (Å²) in [6, 6.07) is 6.55. The third-order valence-corrected chi connectivity index (χ3v) is 2.37. The molecular formula is C9H9N3O2S. The van der Waals surface area contributed by atoms with Crippen LogP contribution in [0, 0.1) is 0 Å². The van der Waals surface area contributed by atoms with Gasteiger partial charge in [0.15, 0.2) is 0 Å². The fourth-order valence-electron chi connectivity index (χ4n) is 1.04. The smallest absolute Gasteiger partial charge is 0.136 e. The van der Waals surface area contributed by atoms with Crippen molar-refractivity contribution in [3.05, 3.63) is 30.0 Å². The van der Waals surface area contributed by atoms with Crippen molar-refractivity contribution in [2.75, 3.05) is 5.73 Å². The highest BCUT2D eigenvalue weighted by molar-refractivity contribution is 7.09. The lowest BCUT2D eigenvalue weighted by molar-refractivity contribution is 0.300. The van der Waals surface area contributed by atoms with Crippen molar-refractivity contribution in [3.63, 3.8) is 0 Å². The molecule has 0 atom stereocenters. The van der Waals surface area contributed by atoms with Gasteiger partial charge in [-0.3, -0.25) is 0 Å². The van der Waals surface area contributed by atoms with E-state index in [9.17, 15) is 5.11 Å². The van der Waals surface area contributed by atoms with Crippen LogP contribution >= 0.6 is 11.5 Å². The molecule has 1 aromatic heterocycles. The first-order chi connectivity index (χ1) is 7.25. The zero-order valence-electron chi connectivity index (χ0n) is 7.75. The molecule has 0 bridgehead atoms. The molecule has 6 heteroatoms. The largest absolute Gasteiger partial charge is 0.508 e. The van der Waals surface area contributed by atoms with E-state index in [1.54, 1.807) is 18.2 Å². The van der Waals surface area contributed by atoms with Gasteiger partial charge in [0.25, 0.3) is 0 Å². The van der Waals surface area contributed by atoms with Crippen LogP contribution in [0.1, 0.15) is 5.69 Å². The average molecular weight is 223 g/mol. The van der Waals surface area contributed by atoms with Crippen LogP contribution in [0.3, 0.4) is 0 Å². The molecule has 1 aromatic carbocycles. The van der Waals surface area contributed by atoms with Crippen molar-refractivity contribution in [3.8, 4) is 11.5 Å². The van der Waals surface area contributed by atoms with Gasteiger partial charge in [-0.1, -0.05) is 10.6 Å². The molecule has 0 spiro atoms. The average Bonchev–Trinajstić information content (AvgIpc) is 2.61. The Morgan fingerprint density at radius 1 is 1.47 bits per heavy atom. The summed E-state index contributed by atoms with van der Waals surface area (Å²) in [5.74, 6) is 0.735. The maximum atomic E-state index is 9.19. The van der Waals surface area contributed by atoms with Crippen LogP contribution in [-0.4, -0.2) is 14.7 Å². The summed E-state index contributed by atoms with van der Waals surface area (Å²) in [6.07, 6.45) is 0. The molecule has 0 aliphatic heterocycles. The minimum atomic E-state index is 0.164. The highest BCUT2D eigenvalue weighted by atomic mass is 32.1. The van der Waals surface area contributed by atoms with Crippen LogP contribution in [0.5, 0.6) is 11.5 Å². The number of phenolic OH excluding ortho intramolecular Hbond substituents is 1. The number of hydrogen-bond donors (Lipinski definition) is 2. The van der Waals surface area contributed by atoms with E-state index < -0.39 is 0 Å². The van der Waals surface area contributed by atoms with Gasteiger partial charge in [0.2, 0.25) is 0 Å². The maximum Gasteiger partial charge on any atom is 0.136 e. The minimum absolute atomic E-state index is 0.164.